The molecule has 8 aromatic carbocycles. The van der Waals surface area contributed by atoms with Gasteiger partial charge in [-0.2, -0.15) is 10.2 Å². The first-order valence-electron chi connectivity index (χ1n) is 18.7. The van der Waals surface area contributed by atoms with Gasteiger partial charge in [0.2, 0.25) is 0 Å². The van der Waals surface area contributed by atoms with Crippen molar-refractivity contribution >= 4 is 89.8 Å². The van der Waals surface area contributed by atoms with Gasteiger partial charge >= 0.3 is 29.6 Å². The van der Waals surface area contributed by atoms with Crippen LogP contribution in [0.25, 0.3) is 21.5 Å². The molecule has 0 aromatic heterocycles. The number of nitro groups is 4. The number of para-hydroxylation sites is 2. The number of nitro benzene ring substituents is 4. The number of nitrogens with zero attached hydrogens (tertiary/aromatic N) is 8. The molecule has 0 radical (unpaired) electrons. The monoisotopic (exact) mass is 931 g/mol. The standard InChI is InChI=1S/2C22H15N5O5.Cr.Na/c2*28-22-19(12-16(26(29)30)13-20(22)27(31)32)24-25-21-17-9-5-4-6-14(17)10-11-18(21)23-15-7-2-1-3-8-15;;/h2*1-13,23,28H;;/q;;;+1/p-2. The van der Waals surface area contributed by atoms with Crippen LogP contribution in [0.4, 0.5) is 68.2 Å². The van der Waals surface area contributed by atoms with Gasteiger partial charge in [-0.15, -0.1) is 10.2 Å². The van der Waals surface area contributed by atoms with Gasteiger partial charge in [0.1, 0.15) is 11.4 Å². The van der Waals surface area contributed by atoms with Crippen LogP contribution >= 0.6 is 0 Å². The third kappa shape index (κ3) is 11.3. The van der Waals surface area contributed by atoms with E-state index in [1.54, 1.807) is 12.1 Å². The van der Waals surface area contributed by atoms with E-state index in [9.17, 15) is 50.7 Å². The Hall–Kier alpha value is -8.19. The van der Waals surface area contributed by atoms with Gasteiger partial charge < -0.3 is 20.8 Å². The Bertz CT molecular complexity index is 2970. The Morgan fingerprint density at radius 2 is 0.758 bits per heavy atom. The zero-order valence-electron chi connectivity index (χ0n) is 34.1. The summed E-state index contributed by atoms with van der Waals surface area (Å²) in [6.45, 7) is 0. The molecule has 0 amide bonds. The fraction of sp³-hybridized carbons (Fsp3) is 0. The predicted molar refractivity (Wildman–Crippen MR) is 234 cm³/mol. The molecule has 0 spiro atoms. The molecule has 0 saturated heterocycles. The maximum Gasteiger partial charge on any atom is 1.00 e. The van der Waals surface area contributed by atoms with Gasteiger partial charge in [-0.05, 0) is 47.2 Å². The predicted octanol–water partition coefficient (Wildman–Crippen LogP) is 8.78. The number of azo groups is 2. The number of non-ortho nitro benzene ring substituents is 2. The molecule has 0 aliphatic heterocycles. The second-order valence-corrected chi connectivity index (χ2v) is 13.4. The number of rotatable bonds is 12. The van der Waals surface area contributed by atoms with Gasteiger partial charge in [0.15, 0.2) is 0 Å². The van der Waals surface area contributed by atoms with Crippen molar-refractivity contribution in [1.82, 2.24) is 0 Å². The molecule has 0 heterocycles. The summed E-state index contributed by atoms with van der Waals surface area (Å²) in [7, 11) is 0. The Labute approximate surface area is 405 Å². The summed E-state index contributed by atoms with van der Waals surface area (Å²) in [5, 5.41) is 95.1. The fourth-order valence-corrected chi connectivity index (χ4v) is 6.29. The van der Waals surface area contributed by atoms with Gasteiger partial charge in [-0.3, -0.25) is 40.5 Å². The zero-order valence-corrected chi connectivity index (χ0v) is 37.4. The molecule has 0 atom stereocenters. The quantitative estimate of drug-likeness (QED) is 0.0503. The molecule has 66 heavy (non-hydrogen) atoms. The number of hydrogen-bond acceptors (Lipinski definition) is 16. The van der Waals surface area contributed by atoms with Crippen molar-refractivity contribution in [1.29, 1.82) is 0 Å². The molecule has 0 fully saturated rings. The first-order valence-corrected chi connectivity index (χ1v) is 18.7. The van der Waals surface area contributed by atoms with Crippen molar-refractivity contribution in [2.24, 2.45) is 20.5 Å². The summed E-state index contributed by atoms with van der Waals surface area (Å²) in [4.78, 5) is 41.0. The third-order valence-corrected chi connectivity index (χ3v) is 9.31. The van der Waals surface area contributed by atoms with Crippen molar-refractivity contribution in [3.63, 3.8) is 0 Å². The van der Waals surface area contributed by atoms with Gasteiger partial charge in [-0.25, -0.2) is 0 Å². The molecule has 8 aromatic rings. The number of benzene rings is 8. The van der Waals surface area contributed by atoms with Crippen LogP contribution in [0, 0.1) is 40.5 Å². The van der Waals surface area contributed by atoms with E-state index in [0.29, 0.717) is 45.7 Å². The van der Waals surface area contributed by atoms with E-state index in [4.69, 9.17) is 0 Å². The maximum atomic E-state index is 12.4. The van der Waals surface area contributed by atoms with E-state index >= 15 is 0 Å². The van der Waals surface area contributed by atoms with E-state index in [2.05, 4.69) is 31.1 Å². The van der Waals surface area contributed by atoms with Crippen molar-refractivity contribution in [2.75, 3.05) is 10.6 Å². The third-order valence-electron chi connectivity index (χ3n) is 9.31. The fourth-order valence-electron chi connectivity index (χ4n) is 6.29. The minimum Gasteiger partial charge on any atom is -0.866 e. The first-order chi connectivity index (χ1) is 30.9. The number of anilines is 4. The summed E-state index contributed by atoms with van der Waals surface area (Å²) in [5.74, 6) is -2.11. The normalized spacial score (nSPS) is 10.7. The van der Waals surface area contributed by atoms with Crippen molar-refractivity contribution in [3.05, 3.63) is 198 Å². The summed E-state index contributed by atoms with van der Waals surface area (Å²) < 4.78 is 0. The topological polar surface area (TPSA) is 292 Å². The summed E-state index contributed by atoms with van der Waals surface area (Å²) in [6, 6.07) is 43.6. The smallest absolute Gasteiger partial charge is 0.866 e. The molecule has 2 N–H and O–H groups in total. The average molecular weight is 932 g/mol. The van der Waals surface area contributed by atoms with E-state index in [1.807, 2.05) is 121 Å². The largest absolute Gasteiger partial charge is 1.00 e. The summed E-state index contributed by atoms with van der Waals surface area (Å²) >= 11 is 0. The molecule has 0 aliphatic carbocycles. The molecular weight excluding hydrogens is 904 g/mol. The van der Waals surface area contributed by atoms with Gasteiger partial charge in [0.05, 0.1) is 54.6 Å². The number of fused-ring (bicyclic) bond motifs is 2. The summed E-state index contributed by atoms with van der Waals surface area (Å²) in [6.07, 6.45) is 0. The Morgan fingerprint density at radius 3 is 1.11 bits per heavy atom. The number of nitrogens with one attached hydrogen (secondary N) is 2. The average Bonchev–Trinajstić information content (AvgIpc) is 3.29. The van der Waals surface area contributed by atoms with Crippen LogP contribution in [0.5, 0.6) is 11.5 Å². The van der Waals surface area contributed by atoms with Crippen LogP contribution in [0.1, 0.15) is 0 Å². The molecular formula is C44H28CrN10NaO10-. The molecule has 8 rings (SSSR count). The van der Waals surface area contributed by atoms with Crippen LogP contribution in [0.15, 0.2) is 178 Å². The van der Waals surface area contributed by atoms with Crippen LogP contribution < -0.4 is 50.4 Å². The van der Waals surface area contributed by atoms with E-state index in [-0.39, 0.29) is 46.9 Å². The Morgan fingerprint density at radius 1 is 0.409 bits per heavy atom. The second kappa shape index (κ2) is 21.9. The molecule has 0 unspecified atom stereocenters. The molecule has 0 saturated carbocycles. The van der Waals surface area contributed by atoms with Crippen LogP contribution in [-0.4, -0.2) is 19.7 Å². The molecule has 322 valence electrons. The van der Waals surface area contributed by atoms with Gasteiger partial charge in [0, 0.05) is 63.1 Å². The summed E-state index contributed by atoms with van der Waals surface area (Å²) in [5.41, 5.74) is -0.629. The van der Waals surface area contributed by atoms with E-state index in [1.165, 1.54) is 0 Å². The molecule has 20 nitrogen and oxygen atoms in total. The minimum absolute atomic E-state index is 0. The SMILES string of the molecule is O=[N+]([O-])c1cc(N=Nc2c(Nc3ccccc3)ccc3ccccc23)c([O-])c([N+](=O)[O-])c1.O=[N+]([O-])c1cc(N=Nc2c(Nc3ccccc3)ccc3ccccc23)c([O-])c([N+](=O)[O-])c1.[Cr].[Na+]. The molecule has 0 bridgehead atoms. The first kappa shape index (κ1) is 48.8. The zero-order chi connectivity index (χ0) is 45.3. The minimum atomic E-state index is -1.05. The van der Waals surface area contributed by atoms with E-state index in [0.717, 1.165) is 34.3 Å². The van der Waals surface area contributed by atoms with Gasteiger partial charge in [0.25, 0.3) is 22.7 Å². The second-order valence-electron chi connectivity index (χ2n) is 13.4. The van der Waals surface area contributed by atoms with Gasteiger partial charge in [-0.1, -0.05) is 97.1 Å². The number of hydrogen-bond donors (Lipinski definition) is 2. The van der Waals surface area contributed by atoms with E-state index < -0.39 is 65.3 Å². The molecule has 22 heteroatoms. The Kier molecular flexibility index (Phi) is 16.2. The van der Waals surface area contributed by atoms with Crippen molar-refractivity contribution in [3.8, 4) is 11.5 Å². The van der Waals surface area contributed by atoms with Crippen LogP contribution in [0.3, 0.4) is 0 Å². The van der Waals surface area contributed by atoms with Crippen LogP contribution in [0.2, 0.25) is 0 Å². The van der Waals surface area contributed by atoms with Crippen LogP contribution in [-0.2, 0) is 17.4 Å². The van der Waals surface area contributed by atoms with Crippen molar-refractivity contribution < 1.29 is 76.8 Å². The maximum absolute atomic E-state index is 12.4. The van der Waals surface area contributed by atoms with Crippen molar-refractivity contribution in [2.45, 2.75) is 0 Å². The Balaban J connectivity index is 0.000000240. The molecule has 0 aliphatic rings.